The Morgan fingerprint density at radius 3 is 1.46 bits per heavy atom. The number of ether oxygens (including phenoxy) is 6. The summed E-state index contributed by atoms with van der Waals surface area (Å²) in [5.74, 6) is 0. The smallest absolute Gasteiger partial charge is 0.187 e. The maximum atomic E-state index is 10.8. The minimum atomic E-state index is -1.90. The van der Waals surface area contributed by atoms with Gasteiger partial charge in [-0.3, -0.25) is 0 Å². The van der Waals surface area contributed by atoms with E-state index in [4.69, 9.17) is 28.4 Å². The molecule has 0 unspecified atom stereocenters. The van der Waals surface area contributed by atoms with E-state index in [0.717, 1.165) is 5.56 Å². The van der Waals surface area contributed by atoms with Gasteiger partial charge in [0.05, 0.1) is 26.4 Å². The van der Waals surface area contributed by atoms with Crippen LogP contribution in [0.1, 0.15) is 5.56 Å². The van der Waals surface area contributed by atoms with Crippen molar-refractivity contribution >= 4 is 0 Å². The van der Waals surface area contributed by atoms with Gasteiger partial charge in [-0.05, 0) is 5.56 Å². The molecule has 10 N–H and O–H groups in total. The van der Waals surface area contributed by atoms with Gasteiger partial charge in [0.25, 0.3) is 0 Å². The lowest BCUT2D eigenvalue weighted by molar-refractivity contribution is -0.379. The Bertz CT molecular complexity index is 920. The first-order chi connectivity index (χ1) is 19.6. The Morgan fingerprint density at radius 2 is 0.951 bits per heavy atom. The van der Waals surface area contributed by atoms with Gasteiger partial charge in [0.2, 0.25) is 0 Å². The summed E-state index contributed by atoms with van der Waals surface area (Å²) in [6.07, 6.45) is -24.2. The maximum absolute atomic E-state index is 10.8. The molecule has 0 radical (unpaired) electrons. The van der Waals surface area contributed by atoms with Crippen LogP contribution in [0.3, 0.4) is 0 Å². The van der Waals surface area contributed by atoms with Crippen LogP contribution in [0.5, 0.6) is 0 Å². The zero-order valence-electron chi connectivity index (χ0n) is 21.8. The van der Waals surface area contributed by atoms with Crippen LogP contribution < -0.4 is 0 Å². The fourth-order valence-corrected chi connectivity index (χ4v) is 4.93. The van der Waals surface area contributed by atoms with Crippen molar-refractivity contribution in [3.63, 3.8) is 0 Å². The van der Waals surface area contributed by atoms with E-state index in [1.54, 1.807) is 24.3 Å². The topological polar surface area (TPSA) is 258 Å². The van der Waals surface area contributed by atoms with E-state index in [1.807, 2.05) is 6.07 Å². The van der Waals surface area contributed by atoms with E-state index in [9.17, 15) is 51.1 Å². The Morgan fingerprint density at radius 1 is 0.512 bits per heavy atom. The van der Waals surface area contributed by atoms with Crippen molar-refractivity contribution < 1.29 is 79.5 Å². The van der Waals surface area contributed by atoms with Gasteiger partial charge in [-0.15, -0.1) is 0 Å². The lowest BCUT2D eigenvalue weighted by Crippen LogP contribution is -2.66. The van der Waals surface area contributed by atoms with E-state index >= 15 is 0 Å². The molecule has 0 aliphatic carbocycles. The van der Waals surface area contributed by atoms with Gasteiger partial charge in [-0.25, -0.2) is 0 Å². The fraction of sp³-hybridized carbons (Fsp3) is 0.760. The predicted octanol–water partition coefficient (Wildman–Crippen LogP) is -5.35. The molecule has 1 aromatic rings. The summed E-state index contributed by atoms with van der Waals surface area (Å²) in [6, 6.07) is 8.94. The molecule has 16 nitrogen and oxygen atoms in total. The van der Waals surface area contributed by atoms with Gasteiger partial charge in [0, 0.05) is 0 Å². The van der Waals surface area contributed by atoms with Gasteiger partial charge >= 0.3 is 0 Å². The average Bonchev–Trinajstić information content (AvgIpc) is 2.99. The molecule has 41 heavy (non-hydrogen) atoms. The van der Waals surface area contributed by atoms with Crippen molar-refractivity contribution in [1.29, 1.82) is 0 Å². The third-order valence-electron chi connectivity index (χ3n) is 7.33. The standard InChI is InChI=1S/C25H38O16/c26-6-11-14(29)15(30)18(33)24(37-11)40-22-13(8-28)39-25(20(35)17(22)32)41-21-12(7-27)38-23(19(34)16(21)31)36-9-10-4-2-1-3-5-10/h1-5,11-35H,6-9H2/t11-,12-,13-,14-,15+,16-,17-,18+,19+,20+,21-,22-,23-,24+,25+/m1/s1. The monoisotopic (exact) mass is 594 g/mol. The second kappa shape index (κ2) is 14.4. The van der Waals surface area contributed by atoms with Crippen molar-refractivity contribution in [2.45, 2.75) is 98.7 Å². The van der Waals surface area contributed by atoms with E-state index in [-0.39, 0.29) is 6.61 Å². The van der Waals surface area contributed by atoms with E-state index in [0.29, 0.717) is 0 Å². The summed E-state index contributed by atoms with van der Waals surface area (Å²) in [7, 11) is 0. The molecule has 3 saturated heterocycles. The van der Waals surface area contributed by atoms with Crippen molar-refractivity contribution in [3.8, 4) is 0 Å². The third-order valence-corrected chi connectivity index (χ3v) is 7.33. The number of hydrogen-bond acceptors (Lipinski definition) is 16. The third kappa shape index (κ3) is 7.05. The summed E-state index contributed by atoms with van der Waals surface area (Å²) in [6.45, 7) is -2.21. The summed E-state index contributed by atoms with van der Waals surface area (Å²) in [5.41, 5.74) is 0.764. The molecule has 234 valence electrons. The van der Waals surface area contributed by atoms with Crippen molar-refractivity contribution in [1.82, 2.24) is 0 Å². The fourth-order valence-electron chi connectivity index (χ4n) is 4.93. The molecule has 3 aliphatic heterocycles. The van der Waals surface area contributed by atoms with Gasteiger partial charge in [0.1, 0.15) is 73.2 Å². The number of aliphatic hydroxyl groups excluding tert-OH is 10. The van der Waals surface area contributed by atoms with Gasteiger partial charge < -0.3 is 79.5 Å². The summed E-state index contributed by atoms with van der Waals surface area (Å²) in [5, 5.41) is 102. The largest absolute Gasteiger partial charge is 0.394 e. The minimum absolute atomic E-state index is 0.0314. The van der Waals surface area contributed by atoms with Crippen LogP contribution in [0.4, 0.5) is 0 Å². The van der Waals surface area contributed by atoms with Crippen molar-refractivity contribution in [2.75, 3.05) is 19.8 Å². The van der Waals surface area contributed by atoms with Crippen LogP contribution in [0.25, 0.3) is 0 Å². The zero-order valence-corrected chi connectivity index (χ0v) is 21.8. The summed E-state index contributed by atoms with van der Waals surface area (Å²) < 4.78 is 33.1. The SMILES string of the molecule is OC[C@H]1O[C@@H](O[C@H]2[C@H](O)[C@H](O)[C@H](O[C@H]3[C@H](O)[C@H](O)[C@H](OCc4ccccc4)O[C@@H]3CO)O[C@@H]2CO)[C@@H](O)[C@@H](O)[C@@H]1O. The Labute approximate surface area is 234 Å². The van der Waals surface area contributed by atoms with Crippen LogP contribution in [0, 0.1) is 0 Å². The van der Waals surface area contributed by atoms with E-state index in [1.165, 1.54) is 0 Å². The second-order valence-electron chi connectivity index (χ2n) is 10.1. The highest BCUT2D eigenvalue weighted by molar-refractivity contribution is 5.13. The highest BCUT2D eigenvalue weighted by atomic mass is 16.8. The van der Waals surface area contributed by atoms with Crippen LogP contribution in [0.2, 0.25) is 0 Å². The van der Waals surface area contributed by atoms with Crippen molar-refractivity contribution in [3.05, 3.63) is 35.9 Å². The molecule has 3 heterocycles. The lowest BCUT2D eigenvalue weighted by atomic mass is 9.96. The maximum Gasteiger partial charge on any atom is 0.187 e. The highest BCUT2D eigenvalue weighted by Gasteiger charge is 2.53. The first-order valence-corrected chi connectivity index (χ1v) is 13.1. The lowest BCUT2D eigenvalue weighted by Gasteiger charge is -2.48. The number of rotatable bonds is 10. The summed E-state index contributed by atoms with van der Waals surface area (Å²) >= 11 is 0. The van der Waals surface area contributed by atoms with Crippen LogP contribution >= 0.6 is 0 Å². The molecule has 0 amide bonds. The van der Waals surface area contributed by atoms with Crippen LogP contribution in [-0.2, 0) is 35.0 Å². The first-order valence-electron chi connectivity index (χ1n) is 13.1. The second-order valence-corrected chi connectivity index (χ2v) is 10.1. The first kappa shape index (κ1) is 32.5. The molecule has 4 rings (SSSR count). The highest BCUT2D eigenvalue weighted by Crippen LogP contribution is 2.32. The van der Waals surface area contributed by atoms with Gasteiger partial charge in [-0.1, -0.05) is 30.3 Å². The van der Waals surface area contributed by atoms with Crippen LogP contribution in [0.15, 0.2) is 30.3 Å². The molecule has 3 fully saturated rings. The van der Waals surface area contributed by atoms with Crippen molar-refractivity contribution in [2.24, 2.45) is 0 Å². The Hall–Kier alpha value is -1.42. The zero-order chi connectivity index (χ0) is 29.8. The molecule has 0 bridgehead atoms. The molecule has 0 spiro atoms. The molecular formula is C25H38O16. The van der Waals surface area contributed by atoms with Gasteiger partial charge in [-0.2, -0.15) is 0 Å². The van der Waals surface area contributed by atoms with E-state index in [2.05, 4.69) is 0 Å². The minimum Gasteiger partial charge on any atom is -0.394 e. The van der Waals surface area contributed by atoms with Crippen LogP contribution in [-0.4, -0.2) is 163 Å². The molecular weight excluding hydrogens is 556 g/mol. The molecule has 0 aromatic heterocycles. The molecule has 16 heteroatoms. The average molecular weight is 595 g/mol. The molecule has 15 atom stereocenters. The molecule has 3 aliphatic rings. The predicted molar refractivity (Wildman–Crippen MR) is 130 cm³/mol. The Balaban J connectivity index is 1.41. The number of benzene rings is 1. The van der Waals surface area contributed by atoms with Gasteiger partial charge in [0.15, 0.2) is 18.9 Å². The Kier molecular flexibility index (Phi) is 11.4. The molecule has 0 saturated carbocycles. The molecule has 1 aromatic carbocycles. The number of hydrogen-bond donors (Lipinski definition) is 10. The van der Waals surface area contributed by atoms with E-state index < -0.39 is 112 Å². The normalized spacial score (nSPS) is 45.5. The quantitative estimate of drug-likeness (QED) is 0.121. The summed E-state index contributed by atoms with van der Waals surface area (Å²) in [4.78, 5) is 0. The number of aliphatic hydroxyl groups is 10.